The lowest BCUT2D eigenvalue weighted by Crippen LogP contribution is -2.46. The lowest BCUT2D eigenvalue weighted by atomic mass is 10.2. The van der Waals surface area contributed by atoms with Gasteiger partial charge < -0.3 is 28.8 Å². The average molecular weight is 385 g/mol. The Hall–Kier alpha value is -0.970. The van der Waals surface area contributed by atoms with Crippen LogP contribution in [0.25, 0.3) is 0 Å². The first-order chi connectivity index (χ1) is 12.9. The molecule has 0 radical (unpaired) electrons. The van der Waals surface area contributed by atoms with Gasteiger partial charge in [0, 0.05) is 39.2 Å². The van der Waals surface area contributed by atoms with E-state index in [1.54, 1.807) is 0 Å². The van der Waals surface area contributed by atoms with Gasteiger partial charge in [0.1, 0.15) is 12.9 Å². The first-order valence-corrected chi connectivity index (χ1v) is 9.92. The van der Waals surface area contributed by atoms with Crippen LogP contribution in [0.1, 0.15) is 39.5 Å². The summed E-state index contributed by atoms with van der Waals surface area (Å²) in [7, 11) is 0. The van der Waals surface area contributed by atoms with Crippen molar-refractivity contribution in [3.8, 4) is 12.3 Å². The van der Waals surface area contributed by atoms with Gasteiger partial charge in [-0.1, -0.05) is 13.3 Å². The fourth-order valence-corrected chi connectivity index (χ4v) is 2.92. The third kappa shape index (κ3) is 15.8. The molecule has 158 valence electrons. The number of carbonyl (C=O) groups excluding carboxylic acids is 1. The van der Waals surface area contributed by atoms with Crippen LogP contribution in [0.3, 0.4) is 0 Å². The van der Waals surface area contributed by atoms with Crippen LogP contribution in [0.4, 0.5) is 0 Å². The van der Waals surface area contributed by atoms with Crippen molar-refractivity contribution in [3.05, 3.63) is 0 Å². The third-order valence-corrected chi connectivity index (χ3v) is 4.45. The van der Waals surface area contributed by atoms with Gasteiger partial charge in [-0.3, -0.25) is 0 Å². The minimum atomic E-state index is 0. The number of rotatable bonds is 17. The molecule has 0 spiro atoms. The molecule has 1 fully saturated rings. The number of terminal acetylenes is 1. The van der Waals surface area contributed by atoms with Crippen LogP contribution >= 0.6 is 0 Å². The van der Waals surface area contributed by atoms with E-state index in [0.717, 1.165) is 58.5 Å². The molecule has 0 aliphatic carbocycles. The molecule has 27 heavy (non-hydrogen) atoms. The fourth-order valence-electron chi connectivity index (χ4n) is 2.92. The zero-order valence-corrected chi connectivity index (χ0v) is 16.2. The summed E-state index contributed by atoms with van der Waals surface area (Å²) in [5.74, 6) is 2.42. The molecule has 0 atom stereocenters. The molecule has 0 unspecified atom stereocenters. The Morgan fingerprint density at radius 1 is 0.778 bits per heavy atom. The number of ether oxygens (including phenoxy) is 3. The summed E-state index contributed by atoms with van der Waals surface area (Å²) in [6.07, 6.45) is 11.3. The molecule has 0 amide bonds. The Morgan fingerprint density at radius 3 is 1.93 bits per heavy atom. The monoisotopic (exact) mass is 384 g/mol. The van der Waals surface area contributed by atoms with Gasteiger partial charge >= 0.3 is 0 Å². The second-order valence-corrected chi connectivity index (χ2v) is 6.53. The van der Waals surface area contributed by atoms with Crippen LogP contribution in [-0.4, -0.2) is 95.0 Å². The molecule has 1 aliphatic heterocycles. The van der Waals surface area contributed by atoms with Gasteiger partial charge in [-0.25, -0.2) is 0 Å². The summed E-state index contributed by atoms with van der Waals surface area (Å²) in [4.78, 5) is 15.4. The van der Waals surface area contributed by atoms with Gasteiger partial charge in [-0.05, 0) is 38.8 Å². The van der Waals surface area contributed by atoms with Crippen LogP contribution < -0.4 is 0 Å². The van der Waals surface area contributed by atoms with E-state index in [1.165, 1.54) is 19.4 Å². The van der Waals surface area contributed by atoms with Crippen molar-refractivity contribution in [1.29, 1.82) is 0 Å². The van der Waals surface area contributed by atoms with Crippen LogP contribution in [0.5, 0.6) is 0 Å². The minimum absolute atomic E-state index is 0. The molecule has 1 heterocycles. The fraction of sp³-hybridized carbons (Fsp3) is 0.857. The molecular weight excluding hydrogens is 344 g/mol. The SMILES string of the molecule is C.C#CCOCCOCCOCCCCCN1CCN(CCCC=O)CC1. The molecule has 6 heteroatoms. The Morgan fingerprint density at radius 2 is 1.33 bits per heavy atom. The number of unbranched alkanes of at least 4 members (excludes halogenated alkanes) is 3. The molecule has 0 bridgehead atoms. The maximum atomic E-state index is 10.3. The second-order valence-electron chi connectivity index (χ2n) is 6.53. The molecule has 1 rings (SSSR count). The van der Waals surface area contributed by atoms with E-state index in [9.17, 15) is 4.79 Å². The second kappa shape index (κ2) is 19.8. The van der Waals surface area contributed by atoms with Gasteiger partial charge in [0.05, 0.1) is 26.4 Å². The van der Waals surface area contributed by atoms with Crippen molar-refractivity contribution in [3.63, 3.8) is 0 Å². The first-order valence-electron chi connectivity index (χ1n) is 9.92. The highest BCUT2D eigenvalue weighted by Crippen LogP contribution is 2.06. The van der Waals surface area contributed by atoms with E-state index in [4.69, 9.17) is 20.6 Å². The molecular formula is C21H40N2O4. The predicted octanol–water partition coefficient (Wildman–Crippen LogP) is 2.07. The topological polar surface area (TPSA) is 51.2 Å². The van der Waals surface area contributed by atoms with Crippen molar-refractivity contribution in [2.24, 2.45) is 0 Å². The normalized spacial score (nSPS) is 15.2. The van der Waals surface area contributed by atoms with Gasteiger partial charge in [0.2, 0.25) is 0 Å². The summed E-state index contributed by atoms with van der Waals surface area (Å²) < 4.78 is 16.1. The molecule has 0 aromatic carbocycles. The van der Waals surface area contributed by atoms with E-state index in [0.29, 0.717) is 39.5 Å². The smallest absolute Gasteiger partial charge is 0.120 e. The molecule has 1 saturated heterocycles. The van der Waals surface area contributed by atoms with Crippen molar-refractivity contribution in [2.45, 2.75) is 39.5 Å². The zero-order valence-electron chi connectivity index (χ0n) is 16.2. The summed E-state index contributed by atoms with van der Waals surface area (Å²) in [5, 5.41) is 0. The van der Waals surface area contributed by atoms with E-state index in [-0.39, 0.29) is 7.43 Å². The highest BCUT2D eigenvalue weighted by molar-refractivity contribution is 5.48. The molecule has 0 aromatic heterocycles. The predicted molar refractivity (Wildman–Crippen MR) is 110 cm³/mol. The van der Waals surface area contributed by atoms with Crippen molar-refractivity contribution < 1.29 is 19.0 Å². The van der Waals surface area contributed by atoms with Crippen LogP contribution in [0, 0.1) is 12.3 Å². The van der Waals surface area contributed by atoms with E-state index >= 15 is 0 Å². The lowest BCUT2D eigenvalue weighted by molar-refractivity contribution is -0.108. The summed E-state index contributed by atoms with van der Waals surface area (Å²) in [6, 6.07) is 0. The number of piperazine rings is 1. The highest BCUT2D eigenvalue weighted by Gasteiger charge is 2.15. The molecule has 6 nitrogen and oxygen atoms in total. The number of hydrogen-bond acceptors (Lipinski definition) is 6. The van der Waals surface area contributed by atoms with Crippen molar-refractivity contribution >= 4 is 6.29 Å². The van der Waals surface area contributed by atoms with E-state index in [1.807, 2.05) is 0 Å². The lowest BCUT2D eigenvalue weighted by Gasteiger charge is -2.34. The van der Waals surface area contributed by atoms with Crippen LogP contribution in [0.15, 0.2) is 0 Å². The van der Waals surface area contributed by atoms with Crippen molar-refractivity contribution in [2.75, 3.05) is 78.9 Å². The van der Waals surface area contributed by atoms with Crippen LogP contribution in [-0.2, 0) is 19.0 Å². The number of aldehydes is 1. The van der Waals surface area contributed by atoms with E-state index in [2.05, 4.69) is 15.7 Å². The number of carbonyl (C=O) groups is 1. The van der Waals surface area contributed by atoms with E-state index < -0.39 is 0 Å². The Bertz CT molecular complexity index is 366. The Labute approximate surface area is 166 Å². The molecule has 1 aliphatic rings. The Kier molecular flexibility index (Phi) is 19.1. The quantitative estimate of drug-likeness (QED) is 0.217. The largest absolute Gasteiger partial charge is 0.379 e. The zero-order chi connectivity index (χ0) is 18.7. The van der Waals surface area contributed by atoms with Gasteiger partial charge in [0.15, 0.2) is 0 Å². The minimum Gasteiger partial charge on any atom is -0.379 e. The van der Waals surface area contributed by atoms with Gasteiger partial charge in [-0.15, -0.1) is 6.42 Å². The summed E-state index contributed by atoms with van der Waals surface area (Å²) in [6.45, 7) is 10.3. The van der Waals surface area contributed by atoms with Crippen LogP contribution in [0.2, 0.25) is 0 Å². The third-order valence-electron chi connectivity index (χ3n) is 4.45. The number of hydrogen-bond donors (Lipinski definition) is 0. The highest BCUT2D eigenvalue weighted by atomic mass is 16.5. The summed E-state index contributed by atoms with van der Waals surface area (Å²) >= 11 is 0. The van der Waals surface area contributed by atoms with Gasteiger partial charge in [0.25, 0.3) is 0 Å². The molecule has 0 aromatic rings. The molecule has 0 N–H and O–H groups in total. The summed E-state index contributed by atoms with van der Waals surface area (Å²) in [5.41, 5.74) is 0. The maximum absolute atomic E-state index is 10.3. The Balaban J connectivity index is 0.00000676. The standard InChI is InChI=1S/C20H36N2O4.CH4/c1-2-15-24-17-19-26-20-18-25-16-7-3-4-8-21-10-12-22(13-11-21)9-5-6-14-23;/h1,14H,3-13,15-20H2;1H4. The van der Waals surface area contributed by atoms with Gasteiger partial charge in [-0.2, -0.15) is 0 Å². The molecule has 0 saturated carbocycles. The van der Waals surface area contributed by atoms with Crippen molar-refractivity contribution in [1.82, 2.24) is 9.80 Å². The first kappa shape index (κ1) is 26.0. The maximum Gasteiger partial charge on any atom is 0.120 e. The number of nitrogens with zero attached hydrogens (tertiary/aromatic N) is 2. The average Bonchev–Trinajstić information content (AvgIpc) is 2.67.